The molecule has 19 heavy (non-hydrogen) atoms. The summed E-state index contributed by atoms with van der Waals surface area (Å²) in [6.45, 7) is 0.953. The predicted octanol–water partition coefficient (Wildman–Crippen LogP) is 2.09. The van der Waals surface area contributed by atoms with Gasteiger partial charge >= 0.3 is 0 Å². The van der Waals surface area contributed by atoms with Gasteiger partial charge in [0.15, 0.2) is 11.5 Å². The molecule has 2 aromatic rings. The van der Waals surface area contributed by atoms with E-state index < -0.39 is 0 Å². The van der Waals surface area contributed by atoms with Crippen LogP contribution in [-0.4, -0.2) is 30.5 Å². The quantitative estimate of drug-likeness (QED) is 0.881. The van der Waals surface area contributed by atoms with Gasteiger partial charge in [-0.2, -0.15) is 5.10 Å². The number of hydrogen-bond acceptors (Lipinski definition) is 5. The van der Waals surface area contributed by atoms with E-state index in [0.717, 1.165) is 0 Å². The Morgan fingerprint density at radius 1 is 1.37 bits per heavy atom. The maximum Gasteiger partial charge on any atom is 0.172 e. The Bertz CT molecular complexity index is 627. The van der Waals surface area contributed by atoms with Gasteiger partial charge in [0.25, 0.3) is 0 Å². The van der Waals surface area contributed by atoms with Crippen LogP contribution in [0.15, 0.2) is 12.1 Å². The summed E-state index contributed by atoms with van der Waals surface area (Å²) in [4.78, 5) is 0. The number of nitrogen functional groups attached to an aromatic ring is 1. The number of nitrogens with one attached hydrogen (secondary N) is 1. The number of methoxy groups -OCH3 is 1. The average molecular weight is 282 g/mol. The third-order valence-electron chi connectivity index (χ3n) is 2.82. The number of H-pyrrole nitrogens is 1. The Kier molecular flexibility index (Phi) is 2.87. The molecular weight excluding hydrogens is 270 g/mol. The van der Waals surface area contributed by atoms with E-state index in [0.29, 0.717) is 52.6 Å². The van der Waals surface area contributed by atoms with Crippen molar-refractivity contribution in [3.05, 3.63) is 17.2 Å². The third-order valence-corrected chi connectivity index (χ3v) is 3.20. The first kappa shape index (κ1) is 12.0. The number of aromatic nitrogens is 2. The number of benzene rings is 1. The van der Waals surface area contributed by atoms with Crippen LogP contribution in [0.2, 0.25) is 5.02 Å². The number of hydrogen-bond donors (Lipinski definition) is 2. The van der Waals surface area contributed by atoms with Crippen LogP contribution >= 0.6 is 11.6 Å². The lowest BCUT2D eigenvalue weighted by Crippen LogP contribution is -2.16. The molecule has 2 heterocycles. The molecule has 0 radical (unpaired) electrons. The molecule has 1 aromatic heterocycles. The number of nitrogens with zero attached hydrogens (tertiary/aromatic N) is 1. The molecule has 100 valence electrons. The van der Waals surface area contributed by atoms with Crippen molar-refractivity contribution in [1.82, 2.24) is 10.2 Å². The van der Waals surface area contributed by atoms with Gasteiger partial charge in [-0.25, -0.2) is 0 Å². The van der Waals surface area contributed by atoms with Gasteiger partial charge in [-0.1, -0.05) is 11.6 Å². The number of rotatable bonds is 2. The van der Waals surface area contributed by atoms with E-state index in [-0.39, 0.29) is 0 Å². The number of nitrogens with two attached hydrogens (primary N) is 1. The normalized spacial score (nSPS) is 13.4. The first-order chi connectivity index (χ1) is 9.20. The van der Waals surface area contributed by atoms with E-state index in [1.807, 2.05) is 0 Å². The van der Waals surface area contributed by atoms with Crippen molar-refractivity contribution in [2.45, 2.75) is 0 Å². The van der Waals surface area contributed by atoms with Crippen molar-refractivity contribution < 1.29 is 14.2 Å². The largest absolute Gasteiger partial charge is 0.495 e. The molecule has 0 atom stereocenters. The zero-order valence-electron chi connectivity index (χ0n) is 10.2. The first-order valence-electron chi connectivity index (χ1n) is 5.68. The second-order valence-electron chi connectivity index (χ2n) is 4.00. The molecule has 6 nitrogen and oxygen atoms in total. The number of anilines is 1. The predicted molar refractivity (Wildman–Crippen MR) is 71.0 cm³/mol. The van der Waals surface area contributed by atoms with Gasteiger partial charge in [0, 0.05) is 12.1 Å². The second kappa shape index (κ2) is 4.55. The highest BCUT2D eigenvalue weighted by Crippen LogP contribution is 2.48. The lowest BCUT2D eigenvalue weighted by atomic mass is 10.1. The monoisotopic (exact) mass is 281 g/mol. The zero-order valence-corrected chi connectivity index (χ0v) is 11.0. The molecule has 0 spiro atoms. The average Bonchev–Trinajstić information content (AvgIpc) is 2.84. The summed E-state index contributed by atoms with van der Waals surface area (Å²) in [7, 11) is 1.54. The summed E-state index contributed by atoms with van der Waals surface area (Å²) >= 11 is 6.34. The van der Waals surface area contributed by atoms with Crippen LogP contribution in [0.1, 0.15) is 0 Å². The van der Waals surface area contributed by atoms with E-state index >= 15 is 0 Å². The molecule has 3 N–H and O–H groups in total. The fourth-order valence-corrected chi connectivity index (χ4v) is 2.31. The van der Waals surface area contributed by atoms with E-state index in [4.69, 9.17) is 31.5 Å². The molecule has 0 saturated heterocycles. The fraction of sp³-hybridized carbons (Fsp3) is 0.250. The molecule has 0 unspecified atom stereocenters. The van der Waals surface area contributed by atoms with E-state index in [1.54, 1.807) is 19.2 Å². The highest BCUT2D eigenvalue weighted by atomic mass is 35.5. The molecule has 0 saturated carbocycles. The minimum atomic E-state index is 0.374. The van der Waals surface area contributed by atoms with Crippen LogP contribution in [0.25, 0.3) is 11.3 Å². The summed E-state index contributed by atoms with van der Waals surface area (Å²) in [5.41, 5.74) is 6.92. The lowest BCUT2D eigenvalue weighted by molar-refractivity contribution is 0.171. The van der Waals surface area contributed by atoms with Crippen LogP contribution in [0.4, 0.5) is 5.82 Å². The molecule has 0 amide bonds. The summed E-state index contributed by atoms with van der Waals surface area (Å²) < 4.78 is 16.5. The van der Waals surface area contributed by atoms with Gasteiger partial charge in [0.2, 0.25) is 0 Å². The SMILES string of the molecule is COc1cc2c(c(-c3cc(N)n[nH]3)c1Cl)OCCO2. The van der Waals surface area contributed by atoms with Gasteiger partial charge in [-0.3, -0.25) is 5.10 Å². The maximum absolute atomic E-state index is 6.34. The van der Waals surface area contributed by atoms with E-state index in [9.17, 15) is 0 Å². The van der Waals surface area contributed by atoms with Crippen molar-refractivity contribution in [3.63, 3.8) is 0 Å². The summed E-state index contributed by atoms with van der Waals surface area (Å²) in [6.07, 6.45) is 0. The minimum absolute atomic E-state index is 0.374. The minimum Gasteiger partial charge on any atom is -0.495 e. The molecular formula is C12H12ClN3O3. The van der Waals surface area contributed by atoms with Crippen LogP contribution in [0, 0.1) is 0 Å². The van der Waals surface area contributed by atoms with E-state index in [1.165, 1.54) is 0 Å². The van der Waals surface area contributed by atoms with Crippen LogP contribution in [0.5, 0.6) is 17.2 Å². The van der Waals surface area contributed by atoms with Gasteiger partial charge in [0.05, 0.1) is 23.4 Å². The lowest BCUT2D eigenvalue weighted by Gasteiger charge is -2.22. The van der Waals surface area contributed by atoms with Crippen LogP contribution in [0.3, 0.4) is 0 Å². The molecule has 0 fully saturated rings. The fourth-order valence-electron chi connectivity index (χ4n) is 1.99. The number of ether oxygens (including phenoxy) is 3. The molecule has 1 aliphatic heterocycles. The highest BCUT2D eigenvalue weighted by molar-refractivity contribution is 6.35. The van der Waals surface area contributed by atoms with Crippen molar-refractivity contribution in [1.29, 1.82) is 0 Å². The first-order valence-corrected chi connectivity index (χ1v) is 6.06. The molecule has 0 aliphatic carbocycles. The Morgan fingerprint density at radius 3 is 2.84 bits per heavy atom. The Balaban J connectivity index is 2.25. The van der Waals surface area contributed by atoms with Gasteiger partial charge in [-0.15, -0.1) is 0 Å². The Labute approximate surface area is 114 Å². The van der Waals surface area contributed by atoms with Crippen LogP contribution < -0.4 is 19.9 Å². The summed E-state index contributed by atoms with van der Waals surface area (Å²) in [5, 5.41) is 7.14. The van der Waals surface area contributed by atoms with Gasteiger partial charge < -0.3 is 19.9 Å². The molecule has 1 aliphatic rings. The topological polar surface area (TPSA) is 82.4 Å². The van der Waals surface area contributed by atoms with Crippen molar-refractivity contribution in [2.24, 2.45) is 0 Å². The van der Waals surface area contributed by atoms with Gasteiger partial charge in [0.1, 0.15) is 24.8 Å². The number of halogens is 1. The van der Waals surface area contributed by atoms with Crippen molar-refractivity contribution in [2.75, 3.05) is 26.1 Å². The van der Waals surface area contributed by atoms with E-state index in [2.05, 4.69) is 10.2 Å². The molecule has 3 rings (SSSR count). The smallest absolute Gasteiger partial charge is 0.172 e. The highest BCUT2D eigenvalue weighted by Gasteiger charge is 2.24. The second-order valence-corrected chi connectivity index (χ2v) is 4.38. The zero-order chi connectivity index (χ0) is 13.4. The number of aromatic amines is 1. The van der Waals surface area contributed by atoms with Gasteiger partial charge in [-0.05, 0) is 0 Å². The summed E-state index contributed by atoms with van der Waals surface area (Å²) in [6, 6.07) is 3.39. The van der Waals surface area contributed by atoms with Crippen molar-refractivity contribution >= 4 is 17.4 Å². The Hall–Kier alpha value is -2.08. The third kappa shape index (κ3) is 1.94. The van der Waals surface area contributed by atoms with Crippen LogP contribution in [-0.2, 0) is 0 Å². The van der Waals surface area contributed by atoms with Crippen molar-refractivity contribution in [3.8, 4) is 28.5 Å². The standard InChI is InChI=1S/C12H12ClN3O3/c1-17-7-5-8-12(19-3-2-18-8)10(11(7)13)6-4-9(14)16-15-6/h4-5H,2-3H2,1H3,(H3,14,15,16). The summed E-state index contributed by atoms with van der Waals surface area (Å²) in [5.74, 6) is 2.05. The molecule has 7 heteroatoms. The Morgan fingerprint density at radius 2 is 2.16 bits per heavy atom. The molecule has 1 aromatic carbocycles. The molecule has 0 bridgehead atoms. The number of fused-ring (bicyclic) bond motifs is 1. The maximum atomic E-state index is 6.34.